The van der Waals surface area contributed by atoms with Crippen molar-refractivity contribution in [2.75, 3.05) is 5.32 Å². The van der Waals surface area contributed by atoms with Gasteiger partial charge < -0.3 is 10.6 Å². The lowest BCUT2D eigenvalue weighted by Crippen LogP contribution is -2.31. The average molecular weight is 358 g/mol. The number of aryl methyl sites for hydroxylation is 1. The van der Waals surface area contributed by atoms with Crippen molar-refractivity contribution in [3.05, 3.63) is 102 Å². The van der Waals surface area contributed by atoms with Gasteiger partial charge in [0.1, 0.15) is 0 Å². The van der Waals surface area contributed by atoms with Gasteiger partial charge in [-0.25, -0.2) is 0 Å². The zero-order valence-corrected chi connectivity index (χ0v) is 15.2. The van der Waals surface area contributed by atoms with Gasteiger partial charge in [-0.15, -0.1) is 0 Å². The van der Waals surface area contributed by atoms with E-state index in [1.165, 1.54) is 0 Å². The fourth-order valence-corrected chi connectivity index (χ4v) is 2.80. The first-order valence-electron chi connectivity index (χ1n) is 8.89. The van der Waals surface area contributed by atoms with Crippen molar-refractivity contribution < 1.29 is 9.59 Å². The largest absolute Gasteiger partial charge is 0.345 e. The van der Waals surface area contributed by atoms with Crippen LogP contribution < -0.4 is 10.6 Å². The first-order valence-corrected chi connectivity index (χ1v) is 8.89. The van der Waals surface area contributed by atoms with E-state index in [9.17, 15) is 9.59 Å². The summed E-state index contributed by atoms with van der Waals surface area (Å²) in [4.78, 5) is 25.1. The lowest BCUT2D eigenvalue weighted by atomic mass is 10.0. The number of benzene rings is 3. The van der Waals surface area contributed by atoms with E-state index in [0.717, 1.165) is 16.8 Å². The standard InChI is InChI=1S/C23H22N2O2/c1-17-12-14-20(15-13-17)24-22(26)16-21(18-8-4-2-5-9-18)25-23(27)19-10-6-3-7-11-19/h2-15,21H,16H2,1H3,(H,24,26)(H,25,27)/t21-/m0/s1. The lowest BCUT2D eigenvalue weighted by Gasteiger charge is -2.19. The van der Waals surface area contributed by atoms with E-state index in [1.807, 2.05) is 79.7 Å². The minimum atomic E-state index is -0.413. The summed E-state index contributed by atoms with van der Waals surface area (Å²) in [6, 6.07) is 25.7. The third-order valence-corrected chi connectivity index (χ3v) is 4.27. The lowest BCUT2D eigenvalue weighted by molar-refractivity contribution is -0.116. The first-order chi connectivity index (χ1) is 13.1. The van der Waals surface area contributed by atoms with Gasteiger partial charge in [-0.3, -0.25) is 9.59 Å². The monoisotopic (exact) mass is 358 g/mol. The van der Waals surface area contributed by atoms with Crippen molar-refractivity contribution >= 4 is 17.5 Å². The number of nitrogens with one attached hydrogen (secondary N) is 2. The van der Waals surface area contributed by atoms with Gasteiger partial charge in [0.05, 0.1) is 12.5 Å². The van der Waals surface area contributed by atoms with Crippen LogP contribution >= 0.6 is 0 Å². The van der Waals surface area contributed by atoms with Gasteiger partial charge in [0.15, 0.2) is 0 Å². The molecule has 0 aliphatic heterocycles. The Morgan fingerprint density at radius 1 is 0.815 bits per heavy atom. The normalized spacial score (nSPS) is 11.4. The van der Waals surface area contributed by atoms with Gasteiger partial charge in [-0.05, 0) is 36.8 Å². The quantitative estimate of drug-likeness (QED) is 0.682. The first kappa shape index (κ1) is 18.4. The highest BCUT2D eigenvalue weighted by molar-refractivity contribution is 5.95. The molecule has 27 heavy (non-hydrogen) atoms. The Hall–Kier alpha value is -3.40. The molecule has 0 bridgehead atoms. The molecule has 0 aliphatic rings. The molecule has 1 atom stereocenters. The van der Waals surface area contributed by atoms with Crippen LogP contribution in [0.15, 0.2) is 84.9 Å². The summed E-state index contributed by atoms with van der Waals surface area (Å²) in [5, 5.41) is 5.87. The van der Waals surface area contributed by atoms with E-state index < -0.39 is 6.04 Å². The van der Waals surface area contributed by atoms with E-state index in [2.05, 4.69) is 10.6 Å². The third kappa shape index (κ3) is 5.28. The van der Waals surface area contributed by atoms with E-state index in [-0.39, 0.29) is 18.2 Å². The molecule has 0 aliphatic carbocycles. The second-order valence-corrected chi connectivity index (χ2v) is 6.42. The van der Waals surface area contributed by atoms with E-state index in [4.69, 9.17) is 0 Å². The Kier molecular flexibility index (Phi) is 6.00. The molecule has 4 heteroatoms. The molecule has 0 saturated carbocycles. The maximum Gasteiger partial charge on any atom is 0.251 e. The molecule has 3 aromatic rings. The van der Waals surface area contributed by atoms with E-state index >= 15 is 0 Å². The van der Waals surface area contributed by atoms with Gasteiger partial charge in [0.2, 0.25) is 5.91 Å². The number of anilines is 1. The summed E-state index contributed by atoms with van der Waals surface area (Å²) in [7, 11) is 0. The summed E-state index contributed by atoms with van der Waals surface area (Å²) in [6.07, 6.45) is 0.149. The molecule has 0 saturated heterocycles. The summed E-state index contributed by atoms with van der Waals surface area (Å²) in [6.45, 7) is 2.00. The Bertz CT molecular complexity index is 891. The Labute approximate surface area is 159 Å². The minimum Gasteiger partial charge on any atom is -0.345 e. The van der Waals surface area contributed by atoms with Gasteiger partial charge in [0.25, 0.3) is 5.91 Å². The predicted octanol–water partition coefficient (Wildman–Crippen LogP) is 4.49. The summed E-state index contributed by atoms with van der Waals surface area (Å²) in [5.74, 6) is -0.353. The van der Waals surface area contributed by atoms with Gasteiger partial charge in [0, 0.05) is 11.3 Å². The average Bonchev–Trinajstić information content (AvgIpc) is 2.70. The highest BCUT2D eigenvalue weighted by Gasteiger charge is 2.19. The Balaban J connectivity index is 1.73. The van der Waals surface area contributed by atoms with Crippen LogP contribution in [0.25, 0.3) is 0 Å². The summed E-state index contributed by atoms with van der Waals surface area (Å²) >= 11 is 0. The fraction of sp³-hybridized carbons (Fsp3) is 0.130. The van der Waals surface area contributed by atoms with Crippen LogP contribution in [0.3, 0.4) is 0 Å². The highest BCUT2D eigenvalue weighted by Crippen LogP contribution is 2.19. The maximum atomic E-state index is 12.6. The zero-order valence-electron chi connectivity index (χ0n) is 15.2. The molecule has 0 radical (unpaired) electrons. The smallest absolute Gasteiger partial charge is 0.251 e. The van der Waals surface area contributed by atoms with Crippen molar-refractivity contribution in [1.29, 1.82) is 0 Å². The molecule has 0 unspecified atom stereocenters. The second-order valence-electron chi connectivity index (χ2n) is 6.42. The Morgan fingerprint density at radius 2 is 1.41 bits per heavy atom. The van der Waals surface area contributed by atoms with Gasteiger partial charge in [-0.1, -0.05) is 66.2 Å². The van der Waals surface area contributed by atoms with Crippen molar-refractivity contribution in [2.45, 2.75) is 19.4 Å². The van der Waals surface area contributed by atoms with Gasteiger partial charge in [-0.2, -0.15) is 0 Å². The number of hydrogen-bond acceptors (Lipinski definition) is 2. The number of amides is 2. The van der Waals surface area contributed by atoms with Crippen LogP contribution in [-0.2, 0) is 4.79 Å². The zero-order chi connectivity index (χ0) is 19.1. The highest BCUT2D eigenvalue weighted by atomic mass is 16.2. The van der Waals surface area contributed by atoms with Crippen LogP contribution in [0.1, 0.15) is 33.9 Å². The molecule has 0 fully saturated rings. The van der Waals surface area contributed by atoms with Crippen LogP contribution in [0.5, 0.6) is 0 Å². The molecule has 136 valence electrons. The molecule has 0 aromatic heterocycles. The van der Waals surface area contributed by atoms with Crippen LogP contribution in [0.2, 0.25) is 0 Å². The molecule has 3 aromatic carbocycles. The summed E-state index contributed by atoms with van der Waals surface area (Å²) in [5.41, 5.74) is 3.33. The minimum absolute atomic E-state index is 0.149. The summed E-state index contributed by atoms with van der Waals surface area (Å²) < 4.78 is 0. The van der Waals surface area contributed by atoms with Crippen LogP contribution in [0.4, 0.5) is 5.69 Å². The van der Waals surface area contributed by atoms with Crippen molar-refractivity contribution in [2.24, 2.45) is 0 Å². The molecular formula is C23H22N2O2. The molecule has 3 rings (SSSR count). The van der Waals surface area contributed by atoms with Crippen LogP contribution in [0, 0.1) is 6.92 Å². The second kappa shape index (κ2) is 8.81. The molecule has 4 nitrogen and oxygen atoms in total. The van der Waals surface area contributed by atoms with E-state index in [1.54, 1.807) is 12.1 Å². The van der Waals surface area contributed by atoms with E-state index in [0.29, 0.717) is 5.56 Å². The third-order valence-electron chi connectivity index (χ3n) is 4.27. The van der Waals surface area contributed by atoms with Crippen molar-refractivity contribution in [1.82, 2.24) is 5.32 Å². The predicted molar refractivity (Wildman–Crippen MR) is 108 cm³/mol. The molecular weight excluding hydrogens is 336 g/mol. The molecule has 2 amide bonds. The number of carbonyl (C=O) groups is 2. The van der Waals surface area contributed by atoms with Crippen LogP contribution in [-0.4, -0.2) is 11.8 Å². The maximum absolute atomic E-state index is 12.6. The SMILES string of the molecule is Cc1ccc(NC(=O)C[C@H](NC(=O)c2ccccc2)c2ccccc2)cc1. The number of hydrogen-bond donors (Lipinski definition) is 2. The molecule has 0 heterocycles. The topological polar surface area (TPSA) is 58.2 Å². The van der Waals surface area contributed by atoms with Gasteiger partial charge >= 0.3 is 0 Å². The van der Waals surface area contributed by atoms with Crippen molar-refractivity contribution in [3.63, 3.8) is 0 Å². The number of carbonyl (C=O) groups excluding carboxylic acids is 2. The molecule has 2 N–H and O–H groups in total. The van der Waals surface area contributed by atoms with Crippen molar-refractivity contribution in [3.8, 4) is 0 Å². The number of rotatable bonds is 6. The molecule has 0 spiro atoms. The fourth-order valence-electron chi connectivity index (χ4n) is 2.80. The Morgan fingerprint density at radius 3 is 2.04 bits per heavy atom.